The van der Waals surface area contributed by atoms with Gasteiger partial charge >= 0.3 is 0 Å². The molecule has 0 heterocycles. The predicted molar refractivity (Wildman–Crippen MR) is 52.8 cm³/mol. The maximum atomic E-state index is 12.5. The third kappa shape index (κ3) is 3.26. The summed E-state index contributed by atoms with van der Waals surface area (Å²) in [5, 5.41) is 0.634. The summed E-state index contributed by atoms with van der Waals surface area (Å²) < 4.78 is 12.5. The molecule has 0 saturated heterocycles. The first-order chi connectivity index (χ1) is 5.68. The number of rotatable bonds is 3. The Morgan fingerprint density at radius 2 is 1.83 bits per heavy atom. The van der Waals surface area contributed by atoms with Crippen molar-refractivity contribution < 1.29 is 4.39 Å². The van der Waals surface area contributed by atoms with Crippen molar-refractivity contribution in [2.45, 2.75) is 24.9 Å². The molecule has 0 aliphatic rings. The molecule has 1 rings (SSSR count). The molecule has 0 aliphatic carbocycles. The summed E-state index contributed by atoms with van der Waals surface area (Å²) >= 11 is 1.87. The quantitative estimate of drug-likeness (QED) is 0.693. The van der Waals surface area contributed by atoms with Gasteiger partial charge in [-0.25, -0.2) is 4.39 Å². The van der Waals surface area contributed by atoms with E-state index in [1.807, 2.05) is 23.9 Å². The van der Waals surface area contributed by atoms with Gasteiger partial charge in [-0.3, -0.25) is 0 Å². The van der Waals surface area contributed by atoms with Gasteiger partial charge in [-0.2, -0.15) is 11.8 Å². The average Bonchev–Trinajstić information content (AvgIpc) is 2.03. The topological polar surface area (TPSA) is 0 Å². The predicted octanol–water partition coefficient (Wildman–Crippen LogP) is 3.47. The molecular weight excluding hydrogens is 171 g/mol. The minimum Gasteiger partial charge on any atom is -0.207 e. The molecule has 0 bridgehead atoms. The first kappa shape index (κ1) is 9.59. The van der Waals surface area contributed by atoms with Crippen molar-refractivity contribution in [3.63, 3.8) is 0 Å². The first-order valence-electron chi connectivity index (χ1n) is 4.04. The van der Waals surface area contributed by atoms with Gasteiger partial charge in [0.15, 0.2) is 0 Å². The molecule has 0 amide bonds. The zero-order chi connectivity index (χ0) is 8.97. The van der Waals surface area contributed by atoms with Gasteiger partial charge in [-0.1, -0.05) is 26.0 Å². The van der Waals surface area contributed by atoms with Crippen molar-refractivity contribution in [3.05, 3.63) is 35.6 Å². The van der Waals surface area contributed by atoms with Crippen molar-refractivity contribution in [3.8, 4) is 0 Å². The van der Waals surface area contributed by atoms with Gasteiger partial charge in [0.2, 0.25) is 0 Å². The van der Waals surface area contributed by atoms with Gasteiger partial charge in [0.1, 0.15) is 5.82 Å². The van der Waals surface area contributed by atoms with Crippen molar-refractivity contribution in [1.29, 1.82) is 0 Å². The van der Waals surface area contributed by atoms with Crippen LogP contribution in [0.3, 0.4) is 0 Å². The molecule has 2 heteroatoms. The van der Waals surface area contributed by atoms with Crippen LogP contribution in [-0.4, -0.2) is 5.25 Å². The van der Waals surface area contributed by atoms with E-state index in [4.69, 9.17) is 0 Å². The number of hydrogen-bond donors (Lipinski definition) is 0. The largest absolute Gasteiger partial charge is 0.207 e. The highest BCUT2D eigenvalue weighted by molar-refractivity contribution is 7.99. The van der Waals surface area contributed by atoms with E-state index in [2.05, 4.69) is 13.8 Å². The summed E-state index contributed by atoms with van der Waals surface area (Å²) in [5.41, 5.74) is 1.19. The lowest BCUT2D eigenvalue weighted by Crippen LogP contribution is -1.88. The highest BCUT2D eigenvalue weighted by Crippen LogP contribution is 2.16. The van der Waals surface area contributed by atoms with Crippen LogP contribution in [0.2, 0.25) is 0 Å². The number of thioether (sulfide) groups is 1. The normalized spacial score (nSPS) is 10.7. The van der Waals surface area contributed by atoms with Gasteiger partial charge in [0.25, 0.3) is 0 Å². The Balaban J connectivity index is 2.48. The number of hydrogen-bond acceptors (Lipinski definition) is 1. The smallest absolute Gasteiger partial charge is 0.123 e. The van der Waals surface area contributed by atoms with Crippen LogP contribution in [0.15, 0.2) is 24.3 Å². The van der Waals surface area contributed by atoms with Crippen molar-refractivity contribution in [2.24, 2.45) is 0 Å². The van der Waals surface area contributed by atoms with Gasteiger partial charge in [0.05, 0.1) is 0 Å². The lowest BCUT2D eigenvalue weighted by Gasteiger charge is -2.03. The minimum atomic E-state index is -0.159. The monoisotopic (exact) mass is 184 g/mol. The Kier molecular flexibility index (Phi) is 3.60. The van der Waals surface area contributed by atoms with E-state index in [1.54, 1.807) is 0 Å². The molecule has 0 N–H and O–H groups in total. The summed E-state index contributed by atoms with van der Waals surface area (Å²) in [6.07, 6.45) is 0. The lowest BCUT2D eigenvalue weighted by molar-refractivity contribution is 0.627. The number of halogens is 1. The SMILES string of the molecule is CC(C)SCc1ccc(F)cc1. The number of benzene rings is 1. The Labute approximate surface area is 77.2 Å². The standard InChI is InChI=1S/C10H13FS/c1-8(2)12-7-9-3-5-10(11)6-4-9/h3-6,8H,7H2,1-2H3. The maximum absolute atomic E-state index is 12.5. The van der Waals surface area contributed by atoms with E-state index in [0.717, 1.165) is 5.75 Å². The molecule has 12 heavy (non-hydrogen) atoms. The van der Waals surface area contributed by atoms with Crippen LogP contribution < -0.4 is 0 Å². The Hall–Kier alpha value is -0.500. The van der Waals surface area contributed by atoms with Gasteiger partial charge < -0.3 is 0 Å². The van der Waals surface area contributed by atoms with Gasteiger partial charge in [-0.15, -0.1) is 0 Å². The maximum Gasteiger partial charge on any atom is 0.123 e. The second-order valence-corrected chi connectivity index (χ2v) is 4.55. The van der Waals surface area contributed by atoms with Crippen LogP contribution in [0.1, 0.15) is 19.4 Å². The van der Waals surface area contributed by atoms with Crippen LogP contribution in [-0.2, 0) is 5.75 Å². The van der Waals surface area contributed by atoms with E-state index in [9.17, 15) is 4.39 Å². The fraction of sp³-hybridized carbons (Fsp3) is 0.400. The van der Waals surface area contributed by atoms with Crippen molar-refractivity contribution >= 4 is 11.8 Å². The molecule has 0 atom stereocenters. The summed E-state index contributed by atoms with van der Waals surface area (Å²) in [6, 6.07) is 6.70. The van der Waals surface area contributed by atoms with Crippen LogP contribution in [0, 0.1) is 5.82 Å². The average molecular weight is 184 g/mol. The third-order valence-electron chi connectivity index (χ3n) is 1.50. The Morgan fingerprint density at radius 1 is 1.25 bits per heavy atom. The molecule has 0 saturated carbocycles. The fourth-order valence-corrected chi connectivity index (χ4v) is 1.56. The zero-order valence-corrected chi connectivity index (χ0v) is 8.20. The van der Waals surface area contributed by atoms with Crippen molar-refractivity contribution in [2.75, 3.05) is 0 Å². The van der Waals surface area contributed by atoms with E-state index >= 15 is 0 Å². The summed E-state index contributed by atoms with van der Waals surface area (Å²) in [6.45, 7) is 4.32. The van der Waals surface area contributed by atoms with Gasteiger partial charge in [-0.05, 0) is 22.9 Å². The minimum absolute atomic E-state index is 0.159. The summed E-state index contributed by atoms with van der Waals surface area (Å²) in [5.74, 6) is 0.811. The highest BCUT2D eigenvalue weighted by Gasteiger charge is 1.96. The highest BCUT2D eigenvalue weighted by atomic mass is 32.2. The molecular formula is C10H13FS. The van der Waals surface area contributed by atoms with E-state index < -0.39 is 0 Å². The van der Waals surface area contributed by atoms with E-state index in [1.165, 1.54) is 17.7 Å². The summed E-state index contributed by atoms with van der Waals surface area (Å²) in [4.78, 5) is 0. The Morgan fingerprint density at radius 3 is 2.33 bits per heavy atom. The van der Waals surface area contributed by atoms with Gasteiger partial charge in [0, 0.05) is 5.75 Å². The third-order valence-corrected chi connectivity index (χ3v) is 2.66. The van der Waals surface area contributed by atoms with Crippen LogP contribution in [0.25, 0.3) is 0 Å². The van der Waals surface area contributed by atoms with E-state index in [-0.39, 0.29) is 5.82 Å². The molecule has 66 valence electrons. The van der Waals surface area contributed by atoms with E-state index in [0.29, 0.717) is 5.25 Å². The molecule has 0 nitrogen and oxygen atoms in total. The fourth-order valence-electron chi connectivity index (χ4n) is 0.844. The van der Waals surface area contributed by atoms with Crippen LogP contribution >= 0.6 is 11.8 Å². The van der Waals surface area contributed by atoms with Crippen LogP contribution in [0.5, 0.6) is 0 Å². The molecule has 0 aromatic heterocycles. The molecule has 0 fully saturated rings. The molecule has 0 radical (unpaired) electrons. The second kappa shape index (κ2) is 4.51. The Bertz CT molecular complexity index is 228. The molecule has 0 spiro atoms. The second-order valence-electron chi connectivity index (χ2n) is 2.99. The molecule has 1 aromatic carbocycles. The summed E-state index contributed by atoms with van der Waals surface area (Å²) in [7, 11) is 0. The van der Waals surface area contributed by atoms with Crippen molar-refractivity contribution in [1.82, 2.24) is 0 Å². The molecule has 1 aromatic rings. The zero-order valence-electron chi connectivity index (χ0n) is 7.38. The molecule has 0 aliphatic heterocycles. The van der Waals surface area contributed by atoms with Crippen LogP contribution in [0.4, 0.5) is 4.39 Å². The first-order valence-corrected chi connectivity index (χ1v) is 5.09. The molecule has 0 unspecified atom stereocenters. The lowest BCUT2D eigenvalue weighted by atomic mass is 10.2.